The monoisotopic (exact) mass is 375 g/mol. The lowest BCUT2D eigenvalue weighted by Crippen LogP contribution is -2.59. The second kappa shape index (κ2) is 9.47. The van der Waals surface area contributed by atoms with Crippen molar-refractivity contribution in [2.75, 3.05) is 44.2 Å². The van der Waals surface area contributed by atoms with Gasteiger partial charge < -0.3 is 19.9 Å². The molecular weight excluding hydrogens is 349 g/mol. The molecule has 0 unspecified atom stereocenters. The van der Waals surface area contributed by atoms with Crippen LogP contribution in [0.25, 0.3) is 0 Å². The minimum absolute atomic E-state index is 0. The van der Waals surface area contributed by atoms with Crippen LogP contribution in [0.3, 0.4) is 0 Å². The summed E-state index contributed by atoms with van der Waals surface area (Å²) in [5, 5.41) is 3.29. The van der Waals surface area contributed by atoms with Gasteiger partial charge in [0.2, 0.25) is 5.91 Å². The fourth-order valence-corrected chi connectivity index (χ4v) is 3.29. The number of aryl methyl sites for hydroxylation is 1. The second-order valence-electron chi connectivity index (χ2n) is 6.11. The number of nitrogens with zero attached hydrogens (tertiary/aromatic N) is 2. The molecule has 0 spiro atoms. The van der Waals surface area contributed by atoms with Crippen LogP contribution in [0, 0.1) is 6.92 Å². The van der Waals surface area contributed by atoms with Crippen LogP contribution in [0.1, 0.15) is 12.5 Å². The largest absolute Gasteiger partial charge is 0.375 e. The fourth-order valence-electron chi connectivity index (χ4n) is 3.29. The summed E-state index contributed by atoms with van der Waals surface area (Å²) in [6.45, 7) is 8.87. The number of piperazine rings is 1. The third-order valence-electron chi connectivity index (χ3n) is 4.63. The van der Waals surface area contributed by atoms with Gasteiger partial charge in [-0.3, -0.25) is 4.79 Å². The molecule has 136 valence electrons. The highest BCUT2D eigenvalue weighted by Crippen LogP contribution is 2.21. The molecular formula is C17H27Cl2N3O2. The molecule has 2 aliphatic heterocycles. The zero-order valence-corrected chi connectivity index (χ0v) is 15.9. The van der Waals surface area contributed by atoms with Crippen molar-refractivity contribution in [1.82, 2.24) is 10.2 Å². The predicted molar refractivity (Wildman–Crippen MR) is 102 cm³/mol. The predicted octanol–water partition coefficient (Wildman–Crippen LogP) is 1.86. The average molecular weight is 376 g/mol. The Labute approximate surface area is 156 Å². The first-order valence-electron chi connectivity index (χ1n) is 8.11. The Bertz CT molecular complexity index is 536. The van der Waals surface area contributed by atoms with Crippen molar-refractivity contribution in [2.45, 2.75) is 26.0 Å². The van der Waals surface area contributed by atoms with Crippen LogP contribution in [0.2, 0.25) is 0 Å². The minimum Gasteiger partial charge on any atom is -0.375 e. The van der Waals surface area contributed by atoms with E-state index >= 15 is 0 Å². The molecule has 5 nitrogen and oxygen atoms in total. The smallest absolute Gasteiger partial charge is 0.242 e. The Hall–Kier alpha value is -1.01. The summed E-state index contributed by atoms with van der Waals surface area (Å²) in [7, 11) is 0. The number of morpholine rings is 1. The molecule has 1 aromatic carbocycles. The van der Waals surface area contributed by atoms with Crippen LogP contribution in [0.4, 0.5) is 5.69 Å². The van der Waals surface area contributed by atoms with Crippen LogP contribution in [0.5, 0.6) is 0 Å². The maximum atomic E-state index is 12.6. The molecule has 0 aliphatic carbocycles. The molecule has 1 N–H and O–H groups in total. The normalized spacial score (nSPS) is 23.9. The number of carbonyl (C=O) groups excluding carboxylic acids is 1. The lowest BCUT2D eigenvalue weighted by Gasteiger charge is -2.40. The molecule has 0 saturated carbocycles. The van der Waals surface area contributed by atoms with E-state index in [9.17, 15) is 4.79 Å². The zero-order valence-electron chi connectivity index (χ0n) is 14.2. The number of para-hydroxylation sites is 1. The summed E-state index contributed by atoms with van der Waals surface area (Å²) >= 11 is 0. The Morgan fingerprint density at radius 2 is 1.83 bits per heavy atom. The highest BCUT2D eigenvalue weighted by Gasteiger charge is 2.33. The summed E-state index contributed by atoms with van der Waals surface area (Å²) in [6.07, 6.45) is -0.0457. The first-order chi connectivity index (χ1) is 10.7. The van der Waals surface area contributed by atoms with Gasteiger partial charge in [-0.2, -0.15) is 0 Å². The minimum atomic E-state index is -0.196. The molecule has 24 heavy (non-hydrogen) atoms. The summed E-state index contributed by atoms with van der Waals surface area (Å²) in [5.41, 5.74) is 2.57. The average Bonchev–Trinajstić information content (AvgIpc) is 2.55. The van der Waals surface area contributed by atoms with Crippen molar-refractivity contribution in [3.8, 4) is 0 Å². The van der Waals surface area contributed by atoms with Crippen LogP contribution in [0.15, 0.2) is 24.3 Å². The van der Waals surface area contributed by atoms with Crippen molar-refractivity contribution in [3.05, 3.63) is 29.8 Å². The summed E-state index contributed by atoms with van der Waals surface area (Å²) in [6, 6.07) is 8.24. The molecule has 7 heteroatoms. The quantitative estimate of drug-likeness (QED) is 0.856. The number of rotatable bonds is 2. The maximum Gasteiger partial charge on any atom is 0.242 e. The Balaban J connectivity index is 0.00000144. The molecule has 2 aliphatic rings. The van der Waals surface area contributed by atoms with Crippen molar-refractivity contribution in [2.24, 2.45) is 0 Å². The van der Waals surface area contributed by atoms with E-state index in [1.54, 1.807) is 0 Å². The number of ether oxygens (including phenoxy) is 1. The van der Waals surface area contributed by atoms with Crippen LogP contribution < -0.4 is 10.2 Å². The third-order valence-corrected chi connectivity index (χ3v) is 4.63. The summed E-state index contributed by atoms with van der Waals surface area (Å²) < 4.78 is 5.59. The molecule has 1 aromatic rings. The second-order valence-corrected chi connectivity index (χ2v) is 6.11. The van der Waals surface area contributed by atoms with Crippen molar-refractivity contribution < 1.29 is 9.53 Å². The van der Waals surface area contributed by atoms with Crippen molar-refractivity contribution >= 4 is 36.4 Å². The highest BCUT2D eigenvalue weighted by molar-refractivity contribution is 5.85. The maximum absolute atomic E-state index is 12.6. The van der Waals surface area contributed by atoms with E-state index in [1.165, 1.54) is 11.3 Å². The van der Waals surface area contributed by atoms with Crippen molar-refractivity contribution in [1.29, 1.82) is 0 Å². The Kier molecular flexibility index (Phi) is 8.30. The highest BCUT2D eigenvalue weighted by atomic mass is 35.5. The first kappa shape index (κ1) is 21.0. The number of benzene rings is 1. The van der Waals surface area contributed by atoms with Crippen LogP contribution in [-0.4, -0.2) is 62.3 Å². The molecule has 2 atom stereocenters. The zero-order chi connectivity index (χ0) is 15.5. The number of amides is 1. The first-order valence-corrected chi connectivity index (χ1v) is 8.11. The lowest BCUT2D eigenvalue weighted by atomic mass is 10.1. The standard InChI is InChI=1S/C17H25N3O2.2ClH/c1-13-5-3-4-6-15(13)19-8-10-20(11-9-19)17(21)16-14(2)22-12-7-18-16;;/h3-6,14,16,18H,7-12H2,1-2H3;2*1H/t14-,16+;;/m1../s1. The van der Waals surface area contributed by atoms with Gasteiger partial charge in [0.15, 0.2) is 0 Å². The molecule has 0 bridgehead atoms. The van der Waals surface area contributed by atoms with Gasteiger partial charge in [0, 0.05) is 38.4 Å². The SMILES string of the molecule is Cc1ccccc1N1CCN(C(=O)[C@H]2NCCO[C@@H]2C)CC1.Cl.Cl. The van der Waals surface area contributed by atoms with Gasteiger partial charge in [-0.1, -0.05) is 18.2 Å². The fraction of sp³-hybridized carbons (Fsp3) is 0.588. The van der Waals surface area contributed by atoms with Gasteiger partial charge in [0.05, 0.1) is 12.7 Å². The van der Waals surface area contributed by atoms with Gasteiger partial charge in [-0.25, -0.2) is 0 Å². The van der Waals surface area contributed by atoms with Gasteiger partial charge in [-0.15, -0.1) is 24.8 Å². The lowest BCUT2D eigenvalue weighted by molar-refractivity contribution is -0.139. The number of anilines is 1. The van der Waals surface area contributed by atoms with E-state index in [2.05, 4.69) is 41.4 Å². The summed E-state index contributed by atoms with van der Waals surface area (Å²) in [5.74, 6) is 0.177. The number of halogens is 2. The topological polar surface area (TPSA) is 44.8 Å². The van der Waals surface area contributed by atoms with E-state index in [0.29, 0.717) is 6.61 Å². The number of hydrogen-bond acceptors (Lipinski definition) is 4. The molecule has 0 radical (unpaired) electrons. The third kappa shape index (κ3) is 4.54. The van der Waals surface area contributed by atoms with Crippen LogP contribution >= 0.6 is 24.8 Å². The van der Waals surface area contributed by atoms with Gasteiger partial charge >= 0.3 is 0 Å². The number of nitrogens with one attached hydrogen (secondary N) is 1. The number of hydrogen-bond donors (Lipinski definition) is 1. The van der Waals surface area contributed by atoms with E-state index in [0.717, 1.165) is 32.7 Å². The van der Waals surface area contributed by atoms with Gasteiger partial charge in [-0.05, 0) is 25.5 Å². The number of carbonyl (C=O) groups is 1. The van der Waals surface area contributed by atoms with E-state index in [4.69, 9.17) is 4.74 Å². The molecule has 3 rings (SSSR count). The van der Waals surface area contributed by atoms with Gasteiger partial charge in [0.1, 0.15) is 6.04 Å². The molecule has 2 saturated heterocycles. The van der Waals surface area contributed by atoms with Gasteiger partial charge in [0.25, 0.3) is 0 Å². The van der Waals surface area contributed by atoms with E-state index in [1.807, 2.05) is 11.8 Å². The molecule has 0 aromatic heterocycles. The van der Waals surface area contributed by atoms with Crippen LogP contribution in [-0.2, 0) is 9.53 Å². The van der Waals surface area contributed by atoms with E-state index in [-0.39, 0.29) is 42.9 Å². The van der Waals surface area contributed by atoms with E-state index < -0.39 is 0 Å². The summed E-state index contributed by atoms with van der Waals surface area (Å²) in [4.78, 5) is 17.0. The molecule has 2 fully saturated rings. The molecule has 2 heterocycles. The molecule has 1 amide bonds. The Morgan fingerprint density at radius 1 is 1.17 bits per heavy atom. The Morgan fingerprint density at radius 3 is 2.46 bits per heavy atom. The van der Waals surface area contributed by atoms with Crippen molar-refractivity contribution in [3.63, 3.8) is 0 Å².